The molecular weight excluding hydrogens is 212 g/mol. The van der Waals surface area contributed by atoms with Crippen LogP contribution in [0.1, 0.15) is 25.7 Å². The molecule has 1 aliphatic carbocycles. The Morgan fingerprint density at radius 2 is 2.07 bits per heavy atom. The van der Waals surface area contributed by atoms with Crippen LogP contribution in [0.25, 0.3) is 0 Å². The van der Waals surface area contributed by atoms with Crippen LogP contribution < -0.4 is 5.32 Å². The van der Waals surface area contributed by atoms with Crippen molar-refractivity contribution in [3.8, 4) is 0 Å². The summed E-state index contributed by atoms with van der Waals surface area (Å²) in [6.07, 6.45) is 5.69. The van der Waals surface area contributed by atoms with E-state index in [0.29, 0.717) is 6.54 Å². The topological polar surface area (TPSA) is 49.4 Å². The lowest BCUT2D eigenvalue weighted by Crippen LogP contribution is -2.44. The molecule has 0 bridgehead atoms. The number of urea groups is 1. The van der Waals surface area contributed by atoms with Gasteiger partial charge in [-0.2, -0.15) is 11.8 Å². The minimum atomic E-state index is -0.532. The molecule has 0 aromatic rings. The number of amides is 3. The quantitative estimate of drug-likeness (QED) is 0.739. The largest absolute Gasteiger partial charge is 0.325 e. The minimum Gasteiger partial charge on any atom is -0.323 e. The van der Waals surface area contributed by atoms with E-state index in [1.807, 2.05) is 6.26 Å². The van der Waals surface area contributed by atoms with Gasteiger partial charge in [0.15, 0.2) is 0 Å². The highest BCUT2D eigenvalue weighted by Crippen LogP contribution is 2.34. The number of thioether (sulfide) groups is 1. The summed E-state index contributed by atoms with van der Waals surface area (Å²) in [5.74, 6) is 0.814. The minimum absolute atomic E-state index is 0.000880. The molecule has 0 unspecified atom stereocenters. The summed E-state index contributed by atoms with van der Waals surface area (Å²) >= 11 is 1.65. The highest BCUT2D eigenvalue weighted by atomic mass is 32.2. The first-order valence-corrected chi connectivity index (χ1v) is 6.72. The number of hydrogen-bond donors (Lipinski definition) is 1. The summed E-state index contributed by atoms with van der Waals surface area (Å²) in [6.45, 7) is 0.535. The molecule has 1 saturated heterocycles. The van der Waals surface area contributed by atoms with Gasteiger partial charge in [-0.05, 0) is 19.1 Å². The average molecular weight is 228 g/mol. The van der Waals surface area contributed by atoms with Gasteiger partial charge in [-0.3, -0.25) is 9.69 Å². The molecule has 1 heterocycles. The molecule has 0 aromatic carbocycles. The lowest BCUT2D eigenvalue weighted by Gasteiger charge is -2.19. The second-order valence-corrected chi connectivity index (χ2v) is 5.15. The molecule has 4 nitrogen and oxygen atoms in total. The van der Waals surface area contributed by atoms with Crippen LogP contribution in [-0.4, -0.2) is 40.9 Å². The summed E-state index contributed by atoms with van der Waals surface area (Å²) < 4.78 is 0. The molecule has 2 aliphatic rings. The van der Waals surface area contributed by atoms with Crippen molar-refractivity contribution < 1.29 is 9.59 Å². The third-order valence-corrected chi connectivity index (χ3v) is 3.81. The molecule has 2 rings (SSSR count). The van der Waals surface area contributed by atoms with Crippen LogP contribution in [0.2, 0.25) is 0 Å². The summed E-state index contributed by atoms with van der Waals surface area (Å²) in [6, 6.07) is -0.198. The number of rotatable bonds is 3. The van der Waals surface area contributed by atoms with Crippen molar-refractivity contribution in [2.24, 2.45) is 0 Å². The number of carbonyl (C=O) groups is 2. The Morgan fingerprint density at radius 1 is 1.40 bits per heavy atom. The number of nitrogens with one attached hydrogen (secondary N) is 1. The van der Waals surface area contributed by atoms with Crippen molar-refractivity contribution in [2.45, 2.75) is 31.2 Å². The van der Waals surface area contributed by atoms with Gasteiger partial charge in [-0.15, -0.1) is 0 Å². The molecule has 0 radical (unpaired) electrons. The molecule has 15 heavy (non-hydrogen) atoms. The molecule has 3 amide bonds. The van der Waals surface area contributed by atoms with E-state index < -0.39 is 5.54 Å². The molecule has 1 aliphatic heterocycles. The van der Waals surface area contributed by atoms with Crippen molar-refractivity contribution >= 4 is 23.7 Å². The third kappa shape index (κ3) is 1.73. The summed E-state index contributed by atoms with van der Waals surface area (Å²) in [5.41, 5.74) is -0.532. The molecular formula is C10H16N2O2S. The van der Waals surface area contributed by atoms with Gasteiger partial charge in [-0.1, -0.05) is 12.8 Å². The van der Waals surface area contributed by atoms with Crippen molar-refractivity contribution in [3.63, 3.8) is 0 Å². The molecule has 1 saturated carbocycles. The Kier molecular flexibility index (Phi) is 2.91. The van der Waals surface area contributed by atoms with Gasteiger partial charge in [0.2, 0.25) is 0 Å². The molecule has 0 aromatic heterocycles. The monoisotopic (exact) mass is 228 g/mol. The third-order valence-electron chi connectivity index (χ3n) is 3.22. The highest BCUT2D eigenvalue weighted by molar-refractivity contribution is 7.98. The van der Waals surface area contributed by atoms with E-state index in [9.17, 15) is 9.59 Å². The smallest absolute Gasteiger partial charge is 0.323 e. The lowest BCUT2D eigenvalue weighted by atomic mass is 9.98. The van der Waals surface area contributed by atoms with Crippen molar-refractivity contribution in [1.82, 2.24) is 10.2 Å². The summed E-state index contributed by atoms with van der Waals surface area (Å²) in [4.78, 5) is 25.1. The SMILES string of the molecule is CSCCN1C(=O)NC2(CCCC2)C1=O. The molecule has 1 N–H and O–H groups in total. The van der Waals surface area contributed by atoms with E-state index in [0.717, 1.165) is 31.4 Å². The van der Waals surface area contributed by atoms with Gasteiger partial charge in [0, 0.05) is 12.3 Å². The number of carbonyl (C=O) groups excluding carboxylic acids is 2. The maximum Gasteiger partial charge on any atom is 0.325 e. The molecule has 2 fully saturated rings. The van der Waals surface area contributed by atoms with Crippen LogP contribution in [-0.2, 0) is 4.79 Å². The maximum atomic E-state index is 12.1. The second-order valence-electron chi connectivity index (χ2n) is 4.17. The standard InChI is InChI=1S/C10H16N2O2S/c1-15-7-6-12-8(13)10(11-9(12)14)4-2-3-5-10/h2-7H2,1H3,(H,11,14). The Bertz CT molecular complexity index is 287. The zero-order chi connectivity index (χ0) is 10.9. The van der Waals surface area contributed by atoms with Crippen LogP contribution in [0.15, 0.2) is 0 Å². The normalized spacial score (nSPS) is 23.9. The molecule has 1 spiro atoms. The first-order chi connectivity index (χ1) is 7.19. The lowest BCUT2D eigenvalue weighted by molar-refractivity contribution is -0.130. The van der Waals surface area contributed by atoms with Crippen molar-refractivity contribution in [1.29, 1.82) is 0 Å². The second kappa shape index (κ2) is 4.04. The van der Waals surface area contributed by atoms with Gasteiger partial charge >= 0.3 is 6.03 Å². The van der Waals surface area contributed by atoms with E-state index >= 15 is 0 Å². The number of hydrogen-bond acceptors (Lipinski definition) is 3. The van der Waals surface area contributed by atoms with E-state index in [4.69, 9.17) is 0 Å². The van der Waals surface area contributed by atoms with Crippen LogP contribution in [0.4, 0.5) is 4.79 Å². The van der Waals surface area contributed by atoms with Gasteiger partial charge < -0.3 is 5.32 Å². The van der Waals surface area contributed by atoms with E-state index in [1.54, 1.807) is 11.8 Å². The van der Waals surface area contributed by atoms with Gasteiger partial charge in [0.1, 0.15) is 5.54 Å². The first kappa shape index (κ1) is 10.8. The van der Waals surface area contributed by atoms with Crippen LogP contribution >= 0.6 is 11.8 Å². The zero-order valence-electron chi connectivity index (χ0n) is 8.91. The average Bonchev–Trinajstić information content (AvgIpc) is 2.75. The zero-order valence-corrected chi connectivity index (χ0v) is 9.73. The Balaban J connectivity index is 2.08. The van der Waals surface area contributed by atoms with E-state index in [-0.39, 0.29) is 11.9 Å². The summed E-state index contributed by atoms with van der Waals surface area (Å²) in [5, 5.41) is 2.87. The fraction of sp³-hybridized carbons (Fsp3) is 0.800. The summed E-state index contributed by atoms with van der Waals surface area (Å²) in [7, 11) is 0. The highest BCUT2D eigenvalue weighted by Gasteiger charge is 2.51. The molecule has 5 heteroatoms. The number of nitrogens with zero attached hydrogens (tertiary/aromatic N) is 1. The maximum absolute atomic E-state index is 12.1. The Labute approximate surface area is 93.8 Å². The van der Waals surface area contributed by atoms with E-state index in [2.05, 4.69) is 5.32 Å². The molecule has 0 atom stereocenters. The van der Waals surface area contributed by atoms with Crippen LogP contribution in [0.5, 0.6) is 0 Å². The fourth-order valence-electron chi connectivity index (χ4n) is 2.38. The van der Waals surface area contributed by atoms with Crippen LogP contribution in [0.3, 0.4) is 0 Å². The van der Waals surface area contributed by atoms with E-state index in [1.165, 1.54) is 4.90 Å². The van der Waals surface area contributed by atoms with Crippen LogP contribution in [0, 0.1) is 0 Å². The Hall–Kier alpha value is -0.710. The Morgan fingerprint density at radius 3 is 2.67 bits per heavy atom. The van der Waals surface area contributed by atoms with Gasteiger partial charge in [0.05, 0.1) is 0 Å². The predicted molar refractivity (Wildman–Crippen MR) is 59.8 cm³/mol. The fourth-order valence-corrected chi connectivity index (χ4v) is 2.74. The van der Waals surface area contributed by atoms with Gasteiger partial charge in [0.25, 0.3) is 5.91 Å². The predicted octanol–water partition coefficient (Wildman–Crippen LogP) is 1.21. The number of imide groups is 1. The van der Waals surface area contributed by atoms with Crippen molar-refractivity contribution in [3.05, 3.63) is 0 Å². The first-order valence-electron chi connectivity index (χ1n) is 5.33. The molecule has 84 valence electrons. The van der Waals surface area contributed by atoms with Crippen molar-refractivity contribution in [2.75, 3.05) is 18.6 Å². The van der Waals surface area contributed by atoms with Gasteiger partial charge in [-0.25, -0.2) is 4.79 Å².